The molecule has 0 aliphatic heterocycles. The summed E-state index contributed by atoms with van der Waals surface area (Å²) in [6, 6.07) is 0. The second-order valence-corrected chi connectivity index (χ2v) is 19.9. The molecule has 0 radical (unpaired) electrons. The normalized spacial score (nSPS) is 12.9. The molecule has 0 heterocycles. The van der Waals surface area contributed by atoms with Crippen molar-refractivity contribution in [3.63, 3.8) is 0 Å². The van der Waals surface area contributed by atoms with Gasteiger partial charge in [0.2, 0.25) is 0 Å². The molecule has 0 N–H and O–H groups in total. The number of unbranched alkanes of at least 4 members (excludes halogenated alkanes) is 25. The molecule has 6 nitrogen and oxygen atoms in total. The van der Waals surface area contributed by atoms with Gasteiger partial charge < -0.3 is 14.2 Å². The third kappa shape index (κ3) is 58.8. The highest BCUT2D eigenvalue weighted by molar-refractivity contribution is 5.71. The summed E-state index contributed by atoms with van der Waals surface area (Å²) in [7, 11) is 0. The molecule has 1 atom stereocenters. The molecule has 0 spiro atoms. The van der Waals surface area contributed by atoms with Crippen LogP contribution in [0.5, 0.6) is 0 Å². The number of allylic oxidation sites excluding steroid dienone is 18. The lowest BCUT2D eigenvalue weighted by atomic mass is 10.0. The van der Waals surface area contributed by atoms with Crippen LogP contribution >= 0.6 is 0 Å². The summed E-state index contributed by atoms with van der Waals surface area (Å²) in [6.07, 6.45) is 82.6. The Hall–Kier alpha value is -3.93. The molecule has 1 unspecified atom stereocenters. The molecule has 0 rings (SSSR count). The fraction of sp³-hybridized carbons (Fsp3) is 0.687. The summed E-state index contributed by atoms with van der Waals surface area (Å²) in [6.45, 7) is 6.34. The van der Waals surface area contributed by atoms with Gasteiger partial charge in [0, 0.05) is 19.3 Å². The molecular weight excluding hydrogens is 901 g/mol. The molecule has 0 saturated heterocycles. The van der Waals surface area contributed by atoms with Crippen molar-refractivity contribution in [2.45, 2.75) is 284 Å². The van der Waals surface area contributed by atoms with Crippen molar-refractivity contribution in [1.29, 1.82) is 0 Å². The van der Waals surface area contributed by atoms with Gasteiger partial charge in [-0.25, -0.2) is 0 Å². The van der Waals surface area contributed by atoms with E-state index in [0.29, 0.717) is 19.3 Å². The Morgan fingerprint density at radius 2 is 0.562 bits per heavy atom. The maximum Gasteiger partial charge on any atom is 0.306 e. The Labute approximate surface area is 450 Å². The Kier molecular flexibility index (Phi) is 57.4. The minimum Gasteiger partial charge on any atom is -0.462 e. The van der Waals surface area contributed by atoms with Crippen molar-refractivity contribution in [3.8, 4) is 0 Å². The second kappa shape index (κ2) is 60.6. The highest BCUT2D eigenvalue weighted by atomic mass is 16.6. The lowest BCUT2D eigenvalue weighted by molar-refractivity contribution is -0.166. The molecule has 6 heteroatoms. The first-order valence-corrected chi connectivity index (χ1v) is 30.4. The van der Waals surface area contributed by atoms with Crippen LogP contribution in [0.4, 0.5) is 0 Å². The number of esters is 3. The van der Waals surface area contributed by atoms with Crippen LogP contribution in [0.2, 0.25) is 0 Å². The van der Waals surface area contributed by atoms with Crippen LogP contribution in [0.1, 0.15) is 278 Å². The fourth-order valence-corrected chi connectivity index (χ4v) is 8.31. The van der Waals surface area contributed by atoms with E-state index in [0.717, 1.165) is 103 Å². The van der Waals surface area contributed by atoms with Crippen LogP contribution in [-0.2, 0) is 28.6 Å². The SMILES string of the molecule is CC/C=C\C/C=C\C/C=C\C/C=C\C/C=C\C/C=C\CCC(=O)OC(COC(=O)CCCCC/C=C\C/C=C\C/C=C\CC)COC(=O)CCCCCCCCCCCCCCCCCCCCCCCCC. The van der Waals surface area contributed by atoms with Crippen LogP contribution in [0.3, 0.4) is 0 Å². The van der Waals surface area contributed by atoms with Crippen LogP contribution in [0.25, 0.3) is 0 Å². The van der Waals surface area contributed by atoms with E-state index in [1.54, 1.807) is 0 Å². The van der Waals surface area contributed by atoms with Gasteiger partial charge in [-0.2, -0.15) is 0 Å². The molecule has 73 heavy (non-hydrogen) atoms. The summed E-state index contributed by atoms with van der Waals surface area (Å²) in [5.74, 6) is -1.03. The van der Waals surface area contributed by atoms with E-state index in [4.69, 9.17) is 14.2 Å². The number of hydrogen-bond donors (Lipinski definition) is 0. The van der Waals surface area contributed by atoms with Crippen molar-refractivity contribution in [1.82, 2.24) is 0 Å². The number of carbonyl (C=O) groups excluding carboxylic acids is 3. The smallest absolute Gasteiger partial charge is 0.306 e. The van der Waals surface area contributed by atoms with Crippen molar-refractivity contribution in [2.75, 3.05) is 13.2 Å². The van der Waals surface area contributed by atoms with Crippen LogP contribution in [0, 0.1) is 0 Å². The molecule has 0 saturated carbocycles. The predicted octanol–water partition coefficient (Wildman–Crippen LogP) is 20.7. The van der Waals surface area contributed by atoms with Gasteiger partial charge in [0.15, 0.2) is 6.10 Å². The first-order chi connectivity index (χ1) is 36.0. The van der Waals surface area contributed by atoms with Gasteiger partial charge >= 0.3 is 17.9 Å². The largest absolute Gasteiger partial charge is 0.462 e. The lowest BCUT2D eigenvalue weighted by Crippen LogP contribution is -2.30. The molecule has 0 aliphatic rings. The standard InChI is InChI=1S/C67H112O6/c1-4-7-10-13-16-19-22-25-27-29-31-32-33-34-36-37-39-42-45-48-51-54-57-60-66(69)72-63-64(62-71-65(68)59-56-53-50-47-44-41-24-21-18-15-12-9-6-3)73-67(70)61-58-55-52-49-46-43-40-38-35-30-28-26-23-20-17-14-11-8-5-2/h8-9,11-12,17-18,20-21,26,28,35,38,41,43-44,46,52,55,64H,4-7,10,13-16,19,22-25,27,29-34,36-37,39-40,42,45,47-51,53-54,56-63H2,1-3H3/b11-8-,12-9-,20-17-,21-18-,28-26-,38-35-,44-41-,46-43-,55-52-. The van der Waals surface area contributed by atoms with Gasteiger partial charge in [0.05, 0.1) is 0 Å². The fourth-order valence-electron chi connectivity index (χ4n) is 8.31. The minimum absolute atomic E-state index is 0.117. The quantitative estimate of drug-likeness (QED) is 0.0261. The Balaban J connectivity index is 4.43. The van der Waals surface area contributed by atoms with E-state index in [-0.39, 0.29) is 31.6 Å². The monoisotopic (exact) mass is 1010 g/mol. The Morgan fingerprint density at radius 1 is 0.288 bits per heavy atom. The third-order valence-electron chi connectivity index (χ3n) is 12.8. The van der Waals surface area contributed by atoms with Crippen LogP contribution < -0.4 is 0 Å². The third-order valence-corrected chi connectivity index (χ3v) is 12.8. The topological polar surface area (TPSA) is 78.9 Å². The number of carbonyl (C=O) groups is 3. The number of rotatable bonds is 54. The van der Waals surface area contributed by atoms with E-state index < -0.39 is 12.1 Å². The molecule has 0 aromatic carbocycles. The maximum absolute atomic E-state index is 12.8. The van der Waals surface area contributed by atoms with Crippen molar-refractivity contribution < 1.29 is 28.6 Å². The number of ether oxygens (including phenoxy) is 3. The zero-order valence-electron chi connectivity index (χ0n) is 47.6. The summed E-state index contributed by atoms with van der Waals surface area (Å²) in [5.41, 5.74) is 0. The van der Waals surface area contributed by atoms with E-state index in [2.05, 4.69) is 118 Å². The summed E-state index contributed by atoms with van der Waals surface area (Å²) < 4.78 is 16.8. The zero-order chi connectivity index (χ0) is 52.9. The summed E-state index contributed by atoms with van der Waals surface area (Å²) in [4.78, 5) is 38.2. The summed E-state index contributed by atoms with van der Waals surface area (Å²) in [5, 5.41) is 0. The average Bonchev–Trinajstić information content (AvgIpc) is 3.39. The minimum atomic E-state index is -0.832. The first kappa shape index (κ1) is 69.1. The average molecular weight is 1010 g/mol. The van der Waals surface area contributed by atoms with E-state index >= 15 is 0 Å². The van der Waals surface area contributed by atoms with E-state index in [1.807, 2.05) is 12.2 Å². The summed E-state index contributed by atoms with van der Waals surface area (Å²) >= 11 is 0. The van der Waals surface area contributed by atoms with Crippen molar-refractivity contribution >= 4 is 17.9 Å². The van der Waals surface area contributed by atoms with Gasteiger partial charge in [0.25, 0.3) is 0 Å². The highest BCUT2D eigenvalue weighted by Crippen LogP contribution is 2.16. The highest BCUT2D eigenvalue weighted by Gasteiger charge is 2.19. The molecular formula is C67H112O6. The molecule has 0 bridgehead atoms. The molecule has 416 valence electrons. The molecule has 0 amide bonds. The second-order valence-electron chi connectivity index (χ2n) is 19.9. The molecule has 0 fully saturated rings. The van der Waals surface area contributed by atoms with Crippen LogP contribution in [-0.4, -0.2) is 37.2 Å². The van der Waals surface area contributed by atoms with E-state index in [1.165, 1.54) is 128 Å². The molecule has 0 aliphatic carbocycles. The van der Waals surface area contributed by atoms with E-state index in [9.17, 15) is 14.4 Å². The zero-order valence-corrected chi connectivity index (χ0v) is 47.6. The lowest BCUT2D eigenvalue weighted by Gasteiger charge is -2.18. The van der Waals surface area contributed by atoms with Crippen molar-refractivity contribution in [2.24, 2.45) is 0 Å². The van der Waals surface area contributed by atoms with Gasteiger partial charge in [-0.1, -0.05) is 278 Å². The predicted molar refractivity (Wildman–Crippen MR) is 316 cm³/mol. The first-order valence-electron chi connectivity index (χ1n) is 30.4. The number of hydrogen-bond acceptors (Lipinski definition) is 6. The van der Waals surface area contributed by atoms with Gasteiger partial charge in [-0.3, -0.25) is 14.4 Å². The van der Waals surface area contributed by atoms with Gasteiger partial charge in [-0.05, 0) is 89.9 Å². The Bertz CT molecular complexity index is 1490. The maximum atomic E-state index is 12.8. The van der Waals surface area contributed by atoms with Crippen molar-refractivity contribution in [3.05, 3.63) is 109 Å². The van der Waals surface area contributed by atoms with Gasteiger partial charge in [0.1, 0.15) is 13.2 Å². The molecule has 0 aromatic rings. The Morgan fingerprint density at radius 3 is 0.890 bits per heavy atom. The van der Waals surface area contributed by atoms with Crippen LogP contribution in [0.15, 0.2) is 109 Å². The molecule has 0 aromatic heterocycles. The van der Waals surface area contributed by atoms with Gasteiger partial charge in [-0.15, -0.1) is 0 Å².